The fourth-order valence-corrected chi connectivity index (χ4v) is 3.50. The van der Waals surface area contributed by atoms with Crippen LogP contribution in [0.25, 0.3) is 0 Å². The van der Waals surface area contributed by atoms with Gasteiger partial charge in [0.15, 0.2) is 11.5 Å². The molecule has 0 saturated heterocycles. The van der Waals surface area contributed by atoms with E-state index >= 15 is 0 Å². The summed E-state index contributed by atoms with van der Waals surface area (Å²) in [6.45, 7) is -2.52. The molecule has 0 spiro atoms. The van der Waals surface area contributed by atoms with E-state index in [0.29, 0.717) is 25.3 Å². The zero-order valence-electron chi connectivity index (χ0n) is 21.1. The molecule has 0 N–H and O–H groups in total. The quantitative estimate of drug-likeness (QED) is 0.676. The number of nitrogens with zero attached hydrogens (tertiary/aromatic N) is 8. The van der Waals surface area contributed by atoms with E-state index in [-0.39, 0.29) is 17.2 Å². The van der Waals surface area contributed by atoms with Crippen LogP contribution in [0.2, 0.25) is 0 Å². The van der Waals surface area contributed by atoms with E-state index in [2.05, 4.69) is 20.3 Å². The summed E-state index contributed by atoms with van der Waals surface area (Å²) in [4.78, 5) is 7.64. The second kappa shape index (κ2) is 6.60. The minimum absolute atomic E-state index is 0.0911. The molecule has 5 heterocycles. The third kappa shape index (κ3) is 2.76. The van der Waals surface area contributed by atoms with Crippen molar-refractivity contribution < 1.29 is 8.22 Å². The van der Waals surface area contributed by atoms with Crippen LogP contribution in [-0.4, -0.2) is 38.0 Å². The van der Waals surface area contributed by atoms with Gasteiger partial charge in [0.1, 0.15) is 11.9 Å². The first-order chi connectivity index (χ1) is 16.0. The molecule has 0 saturated carbocycles. The molecule has 0 unspecified atom stereocenters. The molecule has 0 atom stereocenters. The lowest BCUT2D eigenvalue weighted by Gasteiger charge is -2.32. The van der Waals surface area contributed by atoms with Gasteiger partial charge in [0.25, 0.3) is 0 Å². The van der Waals surface area contributed by atoms with Gasteiger partial charge in [-0.1, -0.05) is 0 Å². The van der Waals surface area contributed by atoms with Gasteiger partial charge in [0, 0.05) is 49.7 Å². The summed E-state index contributed by atoms with van der Waals surface area (Å²) in [5.74, 6) is 0.735. The molecular formula is C20H20N8. The number of fused-ring (bicyclic) bond motifs is 2. The van der Waals surface area contributed by atoms with E-state index in [4.69, 9.17) is 13.5 Å². The SMILES string of the molecule is [2H]C1([2H])N(c2cnc3c(c2)CN(c2nnc(C#N)cc2C)CC3)c2ccnn2C([2H])([2H])C1([2H])[2H]. The van der Waals surface area contributed by atoms with Gasteiger partial charge in [-0.15, -0.1) is 10.2 Å². The summed E-state index contributed by atoms with van der Waals surface area (Å²) in [6.07, 6.45) is 0.492. The predicted octanol–water partition coefficient (Wildman–Crippen LogP) is 2.35. The highest BCUT2D eigenvalue weighted by molar-refractivity contribution is 5.62. The van der Waals surface area contributed by atoms with Gasteiger partial charge in [0.2, 0.25) is 0 Å². The molecule has 0 radical (unpaired) electrons. The molecule has 0 aromatic carbocycles. The highest BCUT2D eigenvalue weighted by atomic mass is 15.4. The Morgan fingerprint density at radius 1 is 1.25 bits per heavy atom. The van der Waals surface area contributed by atoms with E-state index in [1.165, 1.54) is 18.5 Å². The molecule has 0 fully saturated rings. The Morgan fingerprint density at radius 2 is 2.18 bits per heavy atom. The van der Waals surface area contributed by atoms with E-state index < -0.39 is 19.4 Å². The number of rotatable bonds is 2. The number of anilines is 3. The van der Waals surface area contributed by atoms with E-state index in [1.54, 1.807) is 12.1 Å². The molecule has 2 aliphatic rings. The van der Waals surface area contributed by atoms with Crippen molar-refractivity contribution in [3.05, 3.63) is 53.1 Å². The molecular weight excluding hydrogens is 352 g/mol. The van der Waals surface area contributed by atoms with Gasteiger partial charge in [-0.05, 0) is 36.6 Å². The Hall–Kier alpha value is -3.47. The number of hydrogen-bond acceptors (Lipinski definition) is 7. The monoisotopic (exact) mass is 378 g/mol. The summed E-state index contributed by atoms with van der Waals surface area (Å²) < 4.78 is 51.1. The Kier molecular flexibility index (Phi) is 2.69. The van der Waals surface area contributed by atoms with Crippen LogP contribution in [0.5, 0.6) is 0 Å². The fraction of sp³-hybridized carbons (Fsp3) is 0.350. The van der Waals surface area contributed by atoms with Gasteiger partial charge in [-0.3, -0.25) is 4.98 Å². The standard InChI is InChI=1S/C20H20N8/c1-14-9-16(11-21)24-25-20(14)26-8-4-18-15(13-26)10-17(12-22-18)27-6-2-7-28-19(27)3-5-23-28/h3,5,9-10,12H,2,4,6-8,13H2,1H3/i2D2,6D2,7D2. The first kappa shape index (κ1) is 11.4. The smallest absolute Gasteiger partial charge is 0.163 e. The van der Waals surface area contributed by atoms with Gasteiger partial charge in [0.05, 0.1) is 20.8 Å². The Morgan fingerprint density at radius 3 is 3.04 bits per heavy atom. The lowest BCUT2D eigenvalue weighted by atomic mass is 10.0. The van der Waals surface area contributed by atoms with Gasteiger partial charge >= 0.3 is 0 Å². The van der Waals surface area contributed by atoms with Crippen molar-refractivity contribution in [2.24, 2.45) is 0 Å². The average Bonchev–Trinajstić information content (AvgIpc) is 3.27. The zero-order valence-corrected chi connectivity index (χ0v) is 15.1. The molecule has 5 rings (SSSR count). The zero-order chi connectivity index (χ0) is 24.5. The predicted molar refractivity (Wildman–Crippen MR) is 104 cm³/mol. The molecule has 3 aromatic heterocycles. The molecule has 28 heavy (non-hydrogen) atoms. The van der Waals surface area contributed by atoms with E-state index in [1.807, 2.05) is 17.9 Å². The lowest BCUT2D eigenvalue weighted by Crippen LogP contribution is -2.33. The van der Waals surface area contributed by atoms with Crippen molar-refractivity contribution in [3.63, 3.8) is 0 Å². The largest absolute Gasteiger partial charge is 0.350 e. The maximum absolute atomic E-state index is 9.05. The number of nitriles is 1. The topological polar surface area (TPSA) is 86.8 Å². The first-order valence-electron chi connectivity index (χ1n) is 11.8. The van der Waals surface area contributed by atoms with Gasteiger partial charge < -0.3 is 9.80 Å². The van der Waals surface area contributed by atoms with Crippen LogP contribution in [0.4, 0.5) is 17.3 Å². The summed E-state index contributed by atoms with van der Waals surface area (Å²) in [5.41, 5.74) is 2.98. The number of aromatic nitrogens is 5. The molecule has 8 nitrogen and oxygen atoms in total. The van der Waals surface area contributed by atoms with E-state index in [0.717, 1.165) is 26.4 Å². The second-order valence-electron chi connectivity index (χ2n) is 6.60. The van der Waals surface area contributed by atoms with Crippen molar-refractivity contribution in [1.82, 2.24) is 25.0 Å². The molecule has 2 aliphatic heterocycles. The summed E-state index contributed by atoms with van der Waals surface area (Å²) >= 11 is 0. The van der Waals surface area contributed by atoms with Crippen molar-refractivity contribution in [2.45, 2.75) is 32.8 Å². The van der Waals surface area contributed by atoms with Crippen LogP contribution in [0.15, 0.2) is 30.6 Å². The van der Waals surface area contributed by atoms with Crippen LogP contribution in [0, 0.1) is 18.3 Å². The lowest BCUT2D eigenvalue weighted by molar-refractivity contribution is 0.541. The van der Waals surface area contributed by atoms with Crippen LogP contribution in [0.1, 0.15) is 37.1 Å². The van der Waals surface area contributed by atoms with Crippen molar-refractivity contribution in [3.8, 4) is 6.07 Å². The normalized spacial score (nSPS) is 24.3. The summed E-state index contributed by atoms with van der Waals surface area (Å²) in [6, 6.07) is 6.84. The third-order valence-electron chi connectivity index (χ3n) is 4.84. The van der Waals surface area contributed by atoms with Crippen LogP contribution in [-0.2, 0) is 19.5 Å². The van der Waals surface area contributed by atoms with Gasteiger partial charge in [-0.25, -0.2) is 4.68 Å². The maximum atomic E-state index is 9.05. The minimum atomic E-state index is -2.92. The highest BCUT2D eigenvalue weighted by Crippen LogP contribution is 2.31. The molecule has 0 amide bonds. The number of aryl methyl sites for hydroxylation is 2. The van der Waals surface area contributed by atoms with Gasteiger partial charge in [-0.2, -0.15) is 10.4 Å². The third-order valence-corrected chi connectivity index (χ3v) is 4.84. The van der Waals surface area contributed by atoms with Crippen LogP contribution in [0.3, 0.4) is 0 Å². The van der Waals surface area contributed by atoms with Crippen LogP contribution < -0.4 is 9.80 Å². The molecule has 0 bridgehead atoms. The Labute approximate surface area is 171 Å². The van der Waals surface area contributed by atoms with Crippen molar-refractivity contribution >= 4 is 17.3 Å². The van der Waals surface area contributed by atoms with Crippen LogP contribution >= 0.6 is 0 Å². The molecule has 3 aromatic rings. The number of pyridine rings is 1. The molecule has 8 heteroatoms. The second-order valence-corrected chi connectivity index (χ2v) is 6.60. The first-order valence-corrected chi connectivity index (χ1v) is 8.81. The Bertz CT molecular complexity index is 1330. The highest BCUT2D eigenvalue weighted by Gasteiger charge is 2.24. The number of hydrogen-bond donors (Lipinski definition) is 0. The molecule has 0 aliphatic carbocycles. The average molecular weight is 378 g/mol. The summed E-state index contributed by atoms with van der Waals surface area (Å²) in [5, 5.41) is 21.1. The molecule has 140 valence electrons. The summed E-state index contributed by atoms with van der Waals surface area (Å²) in [7, 11) is 0. The fourth-order valence-electron chi connectivity index (χ4n) is 3.50. The van der Waals surface area contributed by atoms with Crippen molar-refractivity contribution in [1.29, 1.82) is 5.26 Å². The Balaban J connectivity index is 1.56. The van der Waals surface area contributed by atoms with E-state index in [9.17, 15) is 0 Å². The minimum Gasteiger partial charge on any atom is -0.350 e. The maximum Gasteiger partial charge on any atom is 0.163 e. The van der Waals surface area contributed by atoms with Crippen molar-refractivity contribution in [2.75, 3.05) is 22.8 Å².